The van der Waals surface area contributed by atoms with Gasteiger partial charge in [0.2, 0.25) is 11.9 Å². The van der Waals surface area contributed by atoms with Gasteiger partial charge in [-0.1, -0.05) is 0 Å². The van der Waals surface area contributed by atoms with Crippen LogP contribution in [0.3, 0.4) is 0 Å². The van der Waals surface area contributed by atoms with Gasteiger partial charge in [-0.25, -0.2) is 0 Å². The molecule has 0 aromatic carbocycles. The van der Waals surface area contributed by atoms with Crippen LogP contribution in [-0.4, -0.2) is 39.8 Å². The minimum absolute atomic E-state index is 0.00612. The molecule has 0 radical (unpaired) electrons. The van der Waals surface area contributed by atoms with E-state index in [1.165, 1.54) is 0 Å². The van der Waals surface area contributed by atoms with E-state index in [9.17, 15) is 0 Å². The Labute approximate surface area is 106 Å². The summed E-state index contributed by atoms with van der Waals surface area (Å²) >= 11 is 0. The second-order valence-corrected chi connectivity index (χ2v) is 4.58. The van der Waals surface area contributed by atoms with E-state index in [1.54, 1.807) is 0 Å². The van der Waals surface area contributed by atoms with E-state index >= 15 is 0 Å². The Balaban J connectivity index is 2.09. The van der Waals surface area contributed by atoms with Gasteiger partial charge in [0.15, 0.2) is 0 Å². The molecule has 1 saturated heterocycles. The zero-order valence-electron chi connectivity index (χ0n) is 10.9. The number of hydrogen-bond acceptors (Lipinski definition) is 7. The van der Waals surface area contributed by atoms with Crippen molar-refractivity contribution in [3.63, 3.8) is 0 Å². The predicted molar refractivity (Wildman–Crippen MR) is 67.4 cm³/mol. The Kier molecular flexibility index (Phi) is 3.81. The van der Waals surface area contributed by atoms with Crippen LogP contribution in [-0.2, 0) is 4.74 Å². The van der Waals surface area contributed by atoms with Gasteiger partial charge < -0.3 is 20.5 Å². The average Bonchev–Trinajstić information content (AvgIpc) is 2.62. The minimum atomic E-state index is -0.00612. The molecule has 2 unspecified atom stereocenters. The van der Waals surface area contributed by atoms with Crippen LogP contribution in [0, 0.1) is 0 Å². The van der Waals surface area contributed by atoms with Gasteiger partial charge in [0.1, 0.15) is 0 Å². The van der Waals surface area contributed by atoms with Gasteiger partial charge in [-0.15, -0.1) is 0 Å². The number of rotatable bonds is 4. The van der Waals surface area contributed by atoms with E-state index in [2.05, 4.69) is 20.3 Å². The molecule has 18 heavy (non-hydrogen) atoms. The summed E-state index contributed by atoms with van der Waals surface area (Å²) in [6.07, 6.45) is 1.05. The number of hydrogen-bond donors (Lipinski definition) is 2. The van der Waals surface area contributed by atoms with Crippen molar-refractivity contribution in [2.75, 3.05) is 17.7 Å². The van der Waals surface area contributed by atoms with Crippen LogP contribution in [0.5, 0.6) is 6.01 Å². The summed E-state index contributed by atoms with van der Waals surface area (Å²) in [6.45, 7) is 6.56. The number of ether oxygens (including phenoxy) is 2. The van der Waals surface area contributed by atoms with Crippen molar-refractivity contribution in [2.24, 2.45) is 0 Å². The Morgan fingerprint density at radius 3 is 2.78 bits per heavy atom. The Morgan fingerprint density at radius 2 is 2.17 bits per heavy atom. The maximum atomic E-state index is 5.63. The standard InChI is InChI=1S/C11H19N5O2/c1-6(2)18-11-15-9(12)14-10(16-11)13-8-4-5-17-7(8)3/h6-8H,4-5H2,1-3H3,(H3,12,13,14,15,16). The first-order valence-electron chi connectivity index (χ1n) is 6.11. The molecule has 7 nitrogen and oxygen atoms in total. The Hall–Kier alpha value is -1.63. The van der Waals surface area contributed by atoms with Gasteiger partial charge in [0, 0.05) is 6.61 Å². The van der Waals surface area contributed by atoms with E-state index in [0.717, 1.165) is 13.0 Å². The molecule has 3 N–H and O–H groups in total. The summed E-state index contributed by atoms with van der Waals surface area (Å²) in [6, 6.07) is 0.435. The molecule has 0 spiro atoms. The Bertz CT molecular complexity index is 412. The summed E-state index contributed by atoms with van der Waals surface area (Å²) in [5.74, 6) is 0.579. The fraction of sp³-hybridized carbons (Fsp3) is 0.727. The molecule has 2 rings (SSSR count). The van der Waals surface area contributed by atoms with Crippen LogP contribution in [0.1, 0.15) is 27.2 Å². The molecule has 2 heterocycles. The van der Waals surface area contributed by atoms with Gasteiger partial charge in [-0.05, 0) is 27.2 Å². The first-order chi connectivity index (χ1) is 8.54. The van der Waals surface area contributed by atoms with Crippen LogP contribution >= 0.6 is 0 Å². The third-order valence-corrected chi connectivity index (χ3v) is 2.66. The fourth-order valence-electron chi connectivity index (χ4n) is 1.79. The molecule has 0 aliphatic carbocycles. The van der Waals surface area contributed by atoms with Crippen LogP contribution in [0.4, 0.5) is 11.9 Å². The van der Waals surface area contributed by atoms with Gasteiger partial charge >= 0.3 is 6.01 Å². The SMILES string of the molecule is CC(C)Oc1nc(N)nc(NC2CCOC2C)n1. The van der Waals surface area contributed by atoms with Crippen molar-refractivity contribution in [3.8, 4) is 6.01 Å². The Morgan fingerprint density at radius 1 is 1.39 bits per heavy atom. The second-order valence-electron chi connectivity index (χ2n) is 4.58. The van der Waals surface area contributed by atoms with Gasteiger partial charge in [0.25, 0.3) is 0 Å². The summed E-state index contributed by atoms with van der Waals surface area (Å²) in [7, 11) is 0. The normalized spacial score (nSPS) is 23.3. The van der Waals surface area contributed by atoms with Crippen molar-refractivity contribution in [1.29, 1.82) is 0 Å². The third-order valence-electron chi connectivity index (χ3n) is 2.66. The molecule has 0 bridgehead atoms. The van der Waals surface area contributed by atoms with E-state index in [1.807, 2.05) is 20.8 Å². The van der Waals surface area contributed by atoms with Crippen LogP contribution in [0.25, 0.3) is 0 Å². The van der Waals surface area contributed by atoms with Gasteiger partial charge in [-0.3, -0.25) is 0 Å². The summed E-state index contributed by atoms with van der Waals surface area (Å²) < 4.78 is 10.9. The van der Waals surface area contributed by atoms with Crippen molar-refractivity contribution >= 4 is 11.9 Å². The highest BCUT2D eigenvalue weighted by Gasteiger charge is 2.25. The highest BCUT2D eigenvalue weighted by atomic mass is 16.5. The van der Waals surface area contributed by atoms with Crippen LogP contribution in [0.2, 0.25) is 0 Å². The van der Waals surface area contributed by atoms with Crippen LogP contribution in [0.15, 0.2) is 0 Å². The number of nitrogens with two attached hydrogens (primary N) is 1. The third kappa shape index (κ3) is 3.19. The number of nitrogens with zero attached hydrogens (tertiary/aromatic N) is 3. The van der Waals surface area contributed by atoms with Crippen LogP contribution < -0.4 is 15.8 Å². The van der Waals surface area contributed by atoms with Crippen molar-refractivity contribution in [2.45, 2.75) is 45.4 Å². The molecular weight excluding hydrogens is 234 g/mol. The number of nitrogen functional groups attached to an aromatic ring is 1. The average molecular weight is 253 g/mol. The van der Waals surface area contributed by atoms with E-state index in [0.29, 0.717) is 5.95 Å². The molecular formula is C11H19N5O2. The quantitative estimate of drug-likeness (QED) is 0.820. The summed E-state index contributed by atoms with van der Waals surface area (Å²) in [5.41, 5.74) is 5.63. The smallest absolute Gasteiger partial charge is 0.323 e. The lowest BCUT2D eigenvalue weighted by Crippen LogP contribution is -2.28. The largest absolute Gasteiger partial charge is 0.461 e. The summed E-state index contributed by atoms with van der Waals surface area (Å²) in [5, 5.41) is 3.20. The highest BCUT2D eigenvalue weighted by Crippen LogP contribution is 2.18. The molecule has 0 saturated carbocycles. The van der Waals surface area contributed by atoms with Gasteiger partial charge in [0.05, 0.1) is 18.2 Å². The lowest BCUT2D eigenvalue weighted by Gasteiger charge is -2.16. The number of nitrogens with one attached hydrogen (secondary N) is 1. The molecule has 1 aromatic heterocycles. The maximum absolute atomic E-state index is 5.63. The fourth-order valence-corrected chi connectivity index (χ4v) is 1.79. The van der Waals surface area contributed by atoms with Crippen molar-refractivity contribution in [3.05, 3.63) is 0 Å². The highest BCUT2D eigenvalue weighted by molar-refractivity contribution is 5.34. The molecule has 1 aliphatic heterocycles. The lowest BCUT2D eigenvalue weighted by atomic mass is 10.2. The molecule has 1 aromatic rings. The van der Waals surface area contributed by atoms with E-state index in [-0.39, 0.29) is 30.2 Å². The monoisotopic (exact) mass is 253 g/mol. The zero-order chi connectivity index (χ0) is 13.1. The first-order valence-corrected chi connectivity index (χ1v) is 6.11. The second kappa shape index (κ2) is 5.34. The topological polar surface area (TPSA) is 95.2 Å². The van der Waals surface area contributed by atoms with E-state index < -0.39 is 0 Å². The number of aromatic nitrogens is 3. The zero-order valence-corrected chi connectivity index (χ0v) is 10.9. The molecule has 1 aliphatic rings. The van der Waals surface area contributed by atoms with Crippen molar-refractivity contribution < 1.29 is 9.47 Å². The molecule has 0 amide bonds. The van der Waals surface area contributed by atoms with E-state index in [4.69, 9.17) is 15.2 Å². The molecule has 100 valence electrons. The van der Waals surface area contributed by atoms with Crippen molar-refractivity contribution in [1.82, 2.24) is 15.0 Å². The minimum Gasteiger partial charge on any atom is -0.461 e. The predicted octanol–water partition coefficient (Wildman–Crippen LogP) is 0.830. The first kappa shape index (κ1) is 12.8. The molecule has 7 heteroatoms. The molecule has 2 atom stereocenters. The maximum Gasteiger partial charge on any atom is 0.323 e. The molecule has 1 fully saturated rings. The number of anilines is 2. The lowest BCUT2D eigenvalue weighted by molar-refractivity contribution is 0.121. The van der Waals surface area contributed by atoms with Gasteiger partial charge in [-0.2, -0.15) is 15.0 Å². The summed E-state index contributed by atoms with van der Waals surface area (Å²) in [4.78, 5) is 12.2.